The molecule has 0 unspecified atom stereocenters. The van der Waals surface area contributed by atoms with E-state index in [2.05, 4.69) is 0 Å². The van der Waals surface area contributed by atoms with Gasteiger partial charge in [0.15, 0.2) is 0 Å². The smallest absolute Gasteiger partial charge is 0.339 e. The Balaban J connectivity index is 2.19. The van der Waals surface area contributed by atoms with Crippen LogP contribution in [0.2, 0.25) is 5.02 Å². The predicted octanol–water partition coefficient (Wildman–Crippen LogP) is 3.76. The van der Waals surface area contributed by atoms with E-state index < -0.39 is 5.97 Å². The van der Waals surface area contributed by atoms with Crippen LogP contribution in [-0.2, 0) is 6.61 Å². The van der Waals surface area contributed by atoms with Gasteiger partial charge in [0.05, 0.1) is 0 Å². The minimum atomic E-state index is -1.11. The summed E-state index contributed by atoms with van der Waals surface area (Å²) >= 11 is 5.80. The van der Waals surface area contributed by atoms with Gasteiger partial charge in [-0.05, 0) is 35.9 Å². The molecule has 0 aliphatic rings. The zero-order valence-electron chi connectivity index (χ0n) is 9.77. The standard InChI is InChI=1S/C14H10ClFO3/c15-10-4-5-12(14(17)18)13(7-10)19-8-9-2-1-3-11(16)6-9/h1-7H,8H2,(H,17,18). The van der Waals surface area contributed by atoms with Crippen molar-refractivity contribution in [1.82, 2.24) is 0 Å². The van der Waals surface area contributed by atoms with Crippen molar-refractivity contribution in [3.8, 4) is 5.75 Å². The molecule has 19 heavy (non-hydrogen) atoms. The molecule has 0 bridgehead atoms. The van der Waals surface area contributed by atoms with Gasteiger partial charge in [0, 0.05) is 5.02 Å². The van der Waals surface area contributed by atoms with Crippen molar-refractivity contribution in [2.75, 3.05) is 0 Å². The topological polar surface area (TPSA) is 46.5 Å². The van der Waals surface area contributed by atoms with Crippen molar-refractivity contribution in [2.45, 2.75) is 6.61 Å². The Hall–Kier alpha value is -2.07. The summed E-state index contributed by atoms with van der Waals surface area (Å²) in [5.74, 6) is -1.32. The lowest BCUT2D eigenvalue weighted by molar-refractivity contribution is 0.0692. The van der Waals surface area contributed by atoms with Crippen molar-refractivity contribution < 1.29 is 19.0 Å². The first-order chi connectivity index (χ1) is 9.06. The maximum absolute atomic E-state index is 13.0. The SMILES string of the molecule is O=C(O)c1ccc(Cl)cc1OCc1cccc(F)c1. The zero-order valence-corrected chi connectivity index (χ0v) is 10.5. The fourth-order valence-corrected chi connectivity index (χ4v) is 1.74. The van der Waals surface area contributed by atoms with E-state index in [9.17, 15) is 9.18 Å². The normalized spacial score (nSPS) is 10.2. The van der Waals surface area contributed by atoms with Gasteiger partial charge in [-0.1, -0.05) is 23.7 Å². The minimum absolute atomic E-state index is 0.0146. The van der Waals surface area contributed by atoms with E-state index in [4.69, 9.17) is 21.4 Å². The summed E-state index contributed by atoms with van der Waals surface area (Å²) in [4.78, 5) is 11.0. The lowest BCUT2D eigenvalue weighted by Gasteiger charge is -2.09. The van der Waals surface area contributed by atoms with Crippen LogP contribution in [0.4, 0.5) is 4.39 Å². The molecule has 5 heteroatoms. The highest BCUT2D eigenvalue weighted by Crippen LogP contribution is 2.24. The van der Waals surface area contributed by atoms with Crippen LogP contribution in [0.1, 0.15) is 15.9 Å². The summed E-state index contributed by atoms with van der Waals surface area (Å²) in [7, 11) is 0. The van der Waals surface area contributed by atoms with E-state index in [1.807, 2.05) is 0 Å². The number of benzene rings is 2. The number of hydrogen-bond donors (Lipinski definition) is 1. The van der Waals surface area contributed by atoms with Crippen LogP contribution in [0.15, 0.2) is 42.5 Å². The van der Waals surface area contributed by atoms with E-state index in [1.54, 1.807) is 12.1 Å². The zero-order chi connectivity index (χ0) is 13.8. The Kier molecular flexibility index (Phi) is 4.02. The Labute approximate surface area is 114 Å². The third-order valence-electron chi connectivity index (χ3n) is 2.46. The minimum Gasteiger partial charge on any atom is -0.488 e. The van der Waals surface area contributed by atoms with E-state index in [-0.39, 0.29) is 23.7 Å². The number of halogens is 2. The van der Waals surface area contributed by atoms with Crippen LogP contribution in [0.5, 0.6) is 5.75 Å². The van der Waals surface area contributed by atoms with Gasteiger partial charge in [0.25, 0.3) is 0 Å². The molecule has 0 spiro atoms. The van der Waals surface area contributed by atoms with Gasteiger partial charge in [-0.25, -0.2) is 9.18 Å². The molecule has 0 saturated heterocycles. The molecule has 0 heterocycles. The molecule has 2 aromatic carbocycles. The van der Waals surface area contributed by atoms with Gasteiger partial charge in [-0.3, -0.25) is 0 Å². The molecule has 0 radical (unpaired) electrons. The molecular weight excluding hydrogens is 271 g/mol. The largest absolute Gasteiger partial charge is 0.488 e. The Bertz CT molecular complexity index is 613. The highest BCUT2D eigenvalue weighted by molar-refractivity contribution is 6.30. The lowest BCUT2D eigenvalue weighted by atomic mass is 10.2. The average molecular weight is 281 g/mol. The van der Waals surface area contributed by atoms with Gasteiger partial charge in [-0.15, -0.1) is 0 Å². The molecular formula is C14H10ClFO3. The average Bonchev–Trinajstić information content (AvgIpc) is 2.36. The molecule has 0 atom stereocenters. The summed E-state index contributed by atoms with van der Waals surface area (Å²) in [5.41, 5.74) is 0.622. The molecule has 0 aliphatic heterocycles. The third-order valence-corrected chi connectivity index (χ3v) is 2.69. The number of aromatic carboxylic acids is 1. The van der Waals surface area contributed by atoms with E-state index >= 15 is 0 Å². The Morgan fingerprint density at radius 3 is 2.74 bits per heavy atom. The molecule has 0 aliphatic carbocycles. The van der Waals surface area contributed by atoms with Crippen molar-refractivity contribution in [2.24, 2.45) is 0 Å². The van der Waals surface area contributed by atoms with Crippen molar-refractivity contribution in [3.05, 3.63) is 64.4 Å². The molecule has 98 valence electrons. The molecule has 1 N–H and O–H groups in total. The first kappa shape index (κ1) is 13.4. The second-order valence-electron chi connectivity index (χ2n) is 3.86. The fourth-order valence-electron chi connectivity index (χ4n) is 1.58. The van der Waals surface area contributed by atoms with Crippen LogP contribution in [0.25, 0.3) is 0 Å². The summed E-state index contributed by atoms with van der Waals surface area (Å²) in [6.07, 6.45) is 0. The quantitative estimate of drug-likeness (QED) is 0.927. The van der Waals surface area contributed by atoms with Crippen LogP contribution < -0.4 is 4.74 Å². The molecule has 0 amide bonds. The van der Waals surface area contributed by atoms with Crippen molar-refractivity contribution in [1.29, 1.82) is 0 Å². The maximum Gasteiger partial charge on any atom is 0.339 e. The van der Waals surface area contributed by atoms with Gasteiger partial charge >= 0.3 is 5.97 Å². The molecule has 0 fully saturated rings. The fraction of sp³-hybridized carbons (Fsp3) is 0.0714. The summed E-state index contributed by atoms with van der Waals surface area (Å²) < 4.78 is 18.4. The summed E-state index contributed by atoms with van der Waals surface area (Å²) in [6.45, 7) is 0.0678. The first-order valence-electron chi connectivity index (χ1n) is 5.46. The van der Waals surface area contributed by atoms with Gasteiger partial charge in [0.1, 0.15) is 23.7 Å². The summed E-state index contributed by atoms with van der Waals surface area (Å²) in [5, 5.41) is 9.39. The second kappa shape index (κ2) is 5.71. The maximum atomic E-state index is 13.0. The first-order valence-corrected chi connectivity index (χ1v) is 5.84. The Morgan fingerprint density at radius 2 is 2.05 bits per heavy atom. The molecule has 0 aromatic heterocycles. The van der Waals surface area contributed by atoms with Gasteiger partial charge in [-0.2, -0.15) is 0 Å². The second-order valence-corrected chi connectivity index (χ2v) is 4.30. The molecule has 2 aromatic rings. The van der Waals surface area contributed by atoms with Crippen molar-refractivity contribution in [3.63, 3.8) is 0 Å². The third kappa shape index (κ3) is 3.45. The predicted molar refractivity (Wildman–Crippen MR) is 69.1 cm³/mol. The number of rotatable bonds is 4. The van der Waals surface area contributed by atoms with Crippen molar-refractivity contribution >= 4 is 17.6 Å². The number of carboxylic acid groups (broad SMARTS) is 1. The monoisotopic (exact) mass is 280 g/mol. The summed E-state index contributed by atoms with van der Waals surface area (Å²) in [6, 6.07) is 10.2. The van der Waals surface area contributed by atoms with Crippen LogP contribution in [0, 0.1) is 5.82 Å². The van der Waals surface area contributed by atoms with E-state index in [1.165, 1.54) is 30.3 Å². The van der Waals surface area contributed by atoms with Crippen LogP contribution in [0.3, 0.4) is 0 Å². The molecule has 0 saturated carbocycles. The van der Waals surface area contributed by atoms with E-state index in [0.29, 0.717) is 10.6 Å². The molecule has 3 nitrogen and oxygen atoms in total. The number of carbonyl (C=O) groups is 1. The van der Waals surface area contributed by atoms with Gasteiger partial charge < -0.3 is 9.84 Å². The Morgan fingerprint density at radius 1 is 1.26 bits per heavy atom. The highest BCUT2D eigenvalue weighted by atomic mass is 35.5. The lowest BCUT2D eigenvalue weighted by Crippen LogP contribution is -2.03. The number of ether oxygens (including phenoxy) is 1. The molecule has 2 rings (SSSR count). The van der Waals surface area contributed by atoms with Crippen LogP contribution >= 0.6 is 11.6 Å². The highest BCUT2D eigenvalue weighted by Gasteiger charge is 2.12. The number of carboxylic acids is 1. The van der Waals surface area contributed by atoms with Crippen LogP contribution in [-0.4, -0.2) is 11.1 Å². The van der Waals surface area contributed by atoms with Gasteiger partial charge in [0.2, 0.25) is 0 Å². The van der Waals surface area contributed by atoms with E-state index in [0.717, 1.165) is 0 Å². The number of hydrogen-bond acceptors (Lipinski definition) is 2.